The Balaban J connectivity index is 0. The normalized spacial score (nSPS) is 17.4. The first-order valence-corrected chi connectivity index (χ1v) is 9.71. The smallest absolute Gasteiger partial charge is 0.293 e. The monoisotopic (exact) mass is 401 g/mol. The standard InChI is InChI=1S/C6H12INS.C5H10O2.C3H6/c1-6(2)4-3-5-8(6)9-7;1-5(2,3)7-4-6;1-3-2/h3-5H2,1-2H3;4H,1-3H3;3H,1H2,2H3. The molecular weight excluding hydrogens is 373 g/mol. The molecule has 1 aliphatic rings. The highest BCUT2D eigenvalue weighted by Crippen LogP contribution is 2.36. The molecule has 0 aromatic rings. The minimum absolute atomic E-state index is 0.318. The summed E-state index contributed by atoms with van der Waals surface area (Å²) in [6.07, 6.45) is 4.46. The fraction of sp³-hybridized carbons (Fsp3) is 0.786. The van der Waals surface area contributed by atoms with E-state index in [1.165, 1.54) is 19.4 Å². The number of rotatable bonds is 2. The van der Waals surface area contributed by atoms with Crippen LogP contribution in [-0.4, -0.2) is 28.5 Å². The number of ether oxygens (including phenoxy) is 1. The van der Waals surface area contributed by atoms with Gasteiger partial charge in [-0.2, -0.15) is 0 Å². The summed E-state index contributed by atoms with van der Waals surface area (Å²) in [7, 11) is 1.84. The molecule has 0 aromatic heterocycles. The molecule has 1 fully saturated rings. The summed E-state index contributed by atoms with van der Waals surface area (Å²) >= 11 is 2.36. The van der Waals surface area contributed by atoms with Gasteiger partial charge in [0.2, 0.25) is 0 Å². The number of halogens is 1. The van der Waals surface area contributed by atoms with Gasteiger partial charge in [0.25, 0.3) is 6.47 Å². The molecule has 0 saturated carbocycles. The molecule has 0 amide bonds. The second-order valence-corrected chi connectivity index (χ2v) is 7.58. The fourth-order valence-electron chi connectivity index (χ4n) is 1.35. The topological polar surface area (TPSA) is 29.5 Å². The lowest BCUT2D eigenvalue weighted by Gasteiger charge is -2.27. The molecular formula is C14H28INO2S. The molecule has 114 valence electrons. The minimum Gasteiger partial charge on any atom is -0.462 e. The van der Waals surface area contributed by atoms with Crippen LogP contribution in [-0.2, 0) is 9.53 Å². The van der Waals surface area contributed by atoms with Gasteiger partial charge in [0, 0.05) is 33.3 Å². The van der Waals surface area contributed by atoms with Crippen molar-refractivity contribution >= 4 is 36.8 Å². The maximum Gasteiger partial charge on any atom is 0.293 e. The van der Waals surface area contributed by atoms with Crippen molar-refractivity contribution in [3.63, 3.8) is 0 Å². The Morgan fingerprint density at radius 1 is 1.42 bits per heavy atom. The first-order chi connectivity index (χ1) is 8.64. The molecule has 0 aromatic carbocycles. The van der Waals surface area contributed by atoms with Crippen molar-refractivity contribution in [3.05, 3.63) is 12.7 Å². The molecule has 0 aliphatic carbocycles. The number of nitrogens with zero attached hydrogens (tertiary/aromatic N) is 1. The van der Waals surface area contributed by atoms with Crippen LogP contribution in [0.3, 0.4) is 0 Å². The quantitative estimate of drug-likeness (QED) is 0.282. The third kappa shape index (κ3) is 13.0. The van der Waals surface area contributed by atoms with Crippen LogP contribution in [0.25, 0.3) is 0 Å². The lowest BCUT2D eigenvalue weighted by molar-refractivity contribution is -0.138. The Kier molecular flexibility index (Phi) is 12.4. The first-order valence-electron chi connectivity index (χ1n) is 6.39. The van der Waals surface area contributed by atoms with Crippen molar-refractivity contribution in [1.29, 1.82) is 0 Å². The lowest BCUT2D eigenvalue weighted by Crippen LogP contribution is -2.31. The molecule has 0 atom stereocenters. The van der Waals surface area contributed by atoms with E-state index in [1.807, 2.05) is 36.8 Å². The summed E-state index contributed by atoms with van der Waals surface area (Å²) in [6, 6.07) is 0. The third-order valence-corrected chi connectivity index (χ3v) is 4.58. The van der Waals surface area contributed by atoms with E-state index in [0.29, 0.717) is 12.0 Å². The molecule has 0 unspecified atom stereocenters. The van der Waals surface area contributed by atoms with Crippen LogP contribution in [0.15, 0.2) is 12.7 Å². The van der Waals surface area contributed by atoms with Crippen LogP contribution in [0, 0.1) is 0 Å². The van der Waals surface area contributed by atoms with Crippen molar-refractivity contribution < 1.29 is 9.53 Å². The Labute approximate surface area is 135 Å². The van der Waals surface area contributed by atoms with Crippen LogP contribution in [0.1, 0.15) is 54.4 Å². The molecule has 0 spiro atoms. The van der Waals surface area contributed by atoms with Crippen molar-refractivity contribution in [2.24, 2.45) is 0 Å². The molecule has 1 aliphatic heterocycles. The number of hydrogen-bond acceptors (Lipinski definition) is 4. The second-order valence-electron chi connectivity index (χ2n) is 5.82. The zero-order chi connectivity index (χ0) is 15.5. The van der Waals surface area contributed by atoms with Gasteiger partial charge in [-0.3, -0.25) is 4.79 Å². The third-order valence-electron chi connectivity index (χ3n) is 2.31. The summed E-state index contributed by atoms with van der Waals surface area (Å²) in [5.74, 6) is 0. The largest absolute Gasteiger partial charge is 0.462 e. The summed E-state index contributed by atoms with van der Waals surface area (Å²) in [5, 5.41) is 0. The Bertz CT molecular complexity index is 252. The predicted octanol–water partition coefficient (Wildman–Crippen LogP) is 5.01. The zero-order valence-electron chi connectivity index (χ0n) is 13.0. The van der Waals surface area contributed by atoms with Crippen LogP contribution < -0.4 is 0 Å². The SMILES string of the molecule is C=CC.CC(C)(C)OC=O.CC1(C)CCCN1SI. The molecule has 3 nitrogen and oxygen atoms in total. The Morgan fingerprint density at radius 3 is 2.00 bits per heavy atom. The maximum atomic E-state index is 9.60. The summed E-state index contributed by atoms with van der Waals surface area (Å²) in [5.41, 5.74) is 0.133. The zero-order valence-corrected chi connectivity index (χ0v) is 16.0. The Hall–Kier alpha value is 0.250. The fourth-order valence-corrected chi connectivity index (χ4v) is 4.02. The van der Waals surface area contributed by atoms with Gasteiger partial charge in [-0.25, -0.2) is 4.31 Å². The van der Waals surface area contributed by atoms with E-state index >= 15 is 0 Å². The van der Waals surface area contributed by atoms with E-state index < -0.39 is 0 Å². The van der Waals surface area contributed by atoms with Crippen LogP contribution in [0.5, 0.6) is 0 Å². The van der Waals surface area contributed by atoms with Gasteiger partial charge in [0.1, 0.15) is 5.60 Å². The highest BCUT2D eigenvalue weighted by molar-refractivity contribution is 14.2. The number of carbonyl (C=O) groups excluding carboxylic acids is 1. The van der Waals surface area contributed by atoms with E-state index in [4.69, 9.17) is 0 Å². The number of carbonyl (C=O) groups is 1. The van der Waals surface area contributed by atoms with E-state index in [0.717, 1.165) is 0 Å². The van der Waals surface area contributed by atoms with Gasteiger partial charge in [-0.05, 0) is 63.5 Å². The van der Waals surface area contributed by atoms with E-state index in [9.17, 15) is 4.79 Å². The van der Waals surface area contributed by atoms with Gasteiger partial charge in [0.05, 0.1) is 0 Å². The lowest BCUT2D eigenvalue weighted by atomic mass is 10.0. The molecule has 1 heterocycles. The average Bonchev–Trinajstić information content (AvgIpc) is 2.57. The van der Waals surface area contributed by atoms with Crippen molar-refractivity contribution in [3.8, 4) is 0 Å². The predicted molar refractivity (Wildman–Crippen MR) is 94.4 cm³/mol. The molecule has 1 rings (SSSR count). The second kappa shape index (κ2) is 11.0. The number of allylic oxidation sites excluding steroid dienone is 1. The molecule has 0 radical (unpaired) electrons. The van der Waals surface area contributed by atoms with E-state index in [-0.39, 0.29) is 5.60 Å². The van der Waals surface area contributed by atoms with Gasteiger partial charge in [0.15, 0.2) is 0 Å². The molecule has 0 bridgehead atoms. The summed E-state index contributed by atoms with van der Waals surface area (Å²) in [4.78, 5) is 9.60. The van der Waals surface area contributed by atoms with Gasteiger partial charge in [-0.15, -0.1) is 6.58 Å². The van der Waals surface area contributed by atoms with E-state index in [1.54, 1.807) is 6.08 Å². The van der Waals surface area contributed by atoms with Gasteiger partial charge < -0.3 is 4.74 Å². The van der Waals surface area contributed by atoms with Gasteiger partial charge in [-0.1, -0.05) is 6.08 Å². The summed E-state index contributed by atoms with van der Waals surface area (Å²) in [6.45, 7) is 17.1. The highest BCUT2D eigenvalue weighted by atomic mass is 127. The van der Waals surface area contributed by atoms with Crippen molar-refractivity contribution in [2.75, 3.05) is 6.54 Å². The number of hydrogen-bond donors (Lipinski definition) is 0. The van der Waals surface area contributed by atoms with E-state index in [2.05, 4.69) is 50.7 Å². The van der Waals surface area contributed by atoms with Crippen molar-refractivity contribution in [1.82, 2.24) is 4.31 Å². The maximum absolute atomic E-state index is 9.60. The average molecular weight is 401 g/mol. The summed E-state index contributed by atoms with van der Waals surface area (Å²) < 4.78 is 7.00. The van der Waals surface area contributed by atoms with Gasteiger partial charge >= 0.3 is 0 Å². The molecule has 1 saturated heterocycles. The molecule has 5 heteroatoms. The Morgan fingerprint density at radius 2 is 1.89 bits per heavy atom. The molecule has 19 heavy (non-hydrogen) atoms. The van der Waals surface area contributed by atoms with Crippen LogP contribution in [0.2, 0.25) is 0 Å². The van der Waals surface area contributed by atoms with Crippen LogP contribution in [0.4, 0.5) is 0 Å². The van der Waals surface area contributed by atoms with Crippen LogP contribution >= 0.6 is 30.3 Å². The molecule has 0 N–H and O–H groups in total. The minimum atomic E-state index is -0.318. The van der Waals surface area contributed by atoms with Crippen molar-refractivity contribution in [2.45, 2.75) is 65.5 Å². The highest BCUT2D eigenvalue weighted by Gasteiger charge is 2.31. The first kappa shape index (κ1) is 21.5.